The van der Waals surface area contributed by atoms with E-state index in [1.54, 1.807) is 14.2 Å². The number of carbonyl (C=O) groups excluding carboxylic acids is 1. The standard InChI is InChI=1S/C18H21N3O3/c1-13(14-8-10-15(23-2)11-9-14)20-21-18(22)12-19-16-6-4-5-7-17(16)24-3/h4-11,19H,12H2,1-3H3,(H,21,22). The van der Waals surface area contributed by atoms with Crippen LogP contribution in [0.25, 0.3) is 0 Å². The molecular formula is C18H21N3O3. The molecule has 6 nitrogen and oxygen atoms in total. The van der Waals surface area contributed by atoms with Gasteiger partial charge in [-0.3, -0.25) is 4.79 Å². The average molecular weight is 327 g/mol. The van der Waals surface area contributed by atoms with Crippen molar-refractivity contribution in [1.82, 2.24) is 5.43 Å². The lowest BCUT2D eigenvalue weighted by atomic mass is 10.1. The Balaban J connectivity index is 1.89. The van der Waals surface area contributed by atoms with Gasteiger partial charge >= 0.3 is 0 Å². The van der Waals surface area contributed by atoms with Gasteiger partial charge in [-0.25, -0.2) is 5.43 Å². The molecule has 126 valence electrons. The van der Waals surface area contributed by atoms with Gasteiger partial charge in [-0.1, -0.05) is 12.1 Å². The van der Waals surface area contributed by atoms with Crippen LogP contribution in [0.4, 0.5) is 5.69 Å². The molecule has 0 aliphatic rings. The summed E-state index contributed by atoms with van der Waals surface area (Å²) in [4.78, 5) is 11.9. The second-order valence-electron chi connectivity index (χ2n) is 5.01. The summed E-state index contributed by atoms with van der Waals surface area (Å²) in [7, 11) is 3.20. The number of hydrazone groups is 1. The lowest BCUT2D eigenvalue weighted by molar-refractivity contribution is -0.119. The van der Waals surface area contributed by atoms with Crippen molar-refractivity contribution in [2.24, 2.45) is 5.10 Å². The number of ether oxygens (including phenoxy) is 2. The summed E-state index contributed by atoms with van der Waals surface area (Å²) >= 11 is 0. The van der Waals surface area contributed by atoms with E-state index in [1.807, 2.05) is 55.5 Å². The number of methoxy groups -OCH3 is 2. The molecule has 0 saturated carbocycles. The van der Waals surface area contributed by atoms with Crippen LogP contribution in [0.5, 0.6) is 11.5 Å². The summed E-state index contributed by atoms with van der Waals surface area (Å²) < 4.78 is 10.3. The number of benzene rings is 2. The van der Waals surface area contributed by atoms with Crippen molar-refractivity contribution in [3.8, 4) is 11.5 Å². The maximum atomic E-state index is 11.9. The zero-order valence-electron chi connectivity index (χ0n) is 14.0. The van der Waals surface area contributed by atoms with Gasteiger partial charge in [0.1, 0.15) is 11.5 Å². The second-order valence-corrected chi connectivity index (χ2v) is 5.01. The summed E-state index contributed by atoms with van der Waals surface area (Å²) in [5.74, 6) is 1.22. The van der Waals surface area contributed by atoms with E-state index in [4.69, 9.17) is 9.47 Å². The van der Waals surface area contributed by atoms with Crippen molar-refractivity contribution >= 4 is 17.3 Å². The molecule has 2 aromatic carbocycles. The van der Waals surface area contributed by atoms with Crippen molar-refractivity contribution in [1.29, 1.82) is 0 Å². The quantitative estimate of drug-likeness (QED) is 0.606. The largest absolute Gasteiger partial charge is 0.497 e. The predicted molar refractivity (Wildman–Crippen MR) is 94.8 cm³/mol. The van der Waals surface area contributed by atoms with Gasteiger partial charge in [0.15, 0.2) is 0 Å². The van der Waals surface area contributed by atoms with E-state index >= 15 is 0 Å². The highest BCUT2D eigenvalue weighted by atomic mass is 16.5. The fourth-order valence-corrected chi connectivity index (χ4v) is 2.05. The van der Waals surface area contributed by atoms with Gasteiger partial charge in [0, 0.05) is 0 Å². The highest BCUT2D eigenvalue weighted by Gasteiger charge is 2.05. The monoisotopic (exact) mass is 327 g/mol. The summed E-state index contributed by atoms with van der Waals surface area (Å²) in [6.07, 6.45) is 0. The lowest BCUT2D eigenvalue weighted by Gasteiger charge is -2.10. The molecule has 1 amide bonds. The van der Waals surface area contributed by atoms with Crippen molar-refractivity contribution in [3.63, 3.8) is 0 Å². The first-order valence-electron chi connectivity index (χ1n) is 7.48. The van der Waals surface area contributed by atoms with Crippen LogP contribution in [0.15, 0.2) is 53.6 Å². The third-order valence-corrected chi connectivity index (χ3v) is 3.40. The van der Waals surface area contributed by atoms with E-state index in [-0.39, 0.29) is 12.5 Å². The number of rotatable bonds is 7. The second kappa shape index (κ2) is 8.57. The van der Waals surface area contributed by atoms with Crippen molar-refractivity contribution in [3.05, 3.63) is 54.1 Å². The Morgan fingerprint density at radius 1 is 1.04 bits per heavy atom. The lowest BCUT2D eigenvalue weighted by Crippen LogP contribution is -2.26. The molecule has 0 saturated heterocycles. The Hall–Kier alpha value is -3.02. The molecule has 2 rings (SSSR count). The van der Waals surface area contributed by atoms with Crippen LogP contribution in [0, 0.1) is 0 Å². The maximum absolute atomic E-state index is 11.9. The molecule has 0 radical (unpaired) electrons. The number of para-hydroxylation sites is 2. The Morgan fingerprint density at radius 3 is 2.42 bits per heavy atom. The van der Waals surface area contributed by atoms with Gasteiger partial charge in [0.2, 0.25) is 0 Å². The van der Waals surface area contributed by atoms with Crippen molar-refractivity contribution < 1.29 is 14.3 Å². The minimum atomic E-state index is -0.242. The van der Waals surface area contributed by atoms with Gasteiger partial charge in [-0.15, -0.1) is 0 Å². The van der Waals surface area contributed by atoms with E-state index in [9.17, 15) is 4.79 Å². The first-order valence-corrected chi connectivity index (χ1v) is 7.48. The molecule has 0 fully saturated rings. The van der Waals surface area contributed by atoms with E-state index in [2.05, 4.69) is 15.8 Å². The summed E-state index contributed by atoms with van der Waals surface area (Å²) in [6, 6.07) is 14.9. The first-order chi connectivity index (χ1) is 11.6. The normalized spacial score (nSPS) is 10.9. The molecule has 6 heteroatoms. The third-order valence-electron chi connectivity index (χ3n) is 3.40. The summed E-state index contributed by atoms with van der Waals surface area (Å²) in [5, 5.41) is 7.13. The molecule has 0 unspecified atom stereocenters. The highest BCUT2D eigenvalue weighted by molar-refractivity contribution is 5.99. The van der Waals surface area contributed by atoms with E-state index in [1.165, 1.54) is 0 Å². The molecule has 0 aliphatic carbocycles. The van der Waals surface area contributed by atoms with Crippen LogP contribution in [0.2, 0.25) is 0 Å². The summed E-state index contributed by atoms with van der Waals surface area (Å²) in [6.45, 7) is 1.93. The number of hydrogen-bond acceptors (Lipinski definition) is 5. The first kappa shape index (κ1) is 17.3. The molecule has 0 bridgehead atoms. The Labute approximate surface area is 141 Å². The minimum absolute atomic E-state index is 0.0970. The SMILES string of the molecule is COc1ccc(C(C)=NNC(=O)CNc2ccccc2OC)cc1. The number of carbonyl (C=O) groups is 1. The van der Waals surface area contributed by atoms with Crippen molar-refractivity contribution in [2.45, 2.75) is 6.92 Å². The fraction of sp³-hybridized carbons (Fsp3) is 0.222. The van der Waals surface area contributed by atoms with Crippen molar-refractivity contribution in [2.75, 3.05) is 26.1 Å². The van der Waals surface area contributed by atoms with Crippen LogP contribution in [-0.4, -0.2) is 32.4 Å². The van der Waals surface area contributed by atoms with E-state index < -0.39 is 0 Å². The number of nitrogens with zero attached hydrogens (tertiary/aromatic N) is 1. The highest BCUT2D eigenvalue weighted by Crippen LogP contribution is 2.22. The molecule has 2 N–H and O–H groups in total. The molecule has 2 aromatic rings. The molecule has 0 spiro atoms. The van der Waals surface area contributed by atoms with E-state index in [0.717, 1.165) is 17.0 Å². The molecule has 24 heavy (non-hydrogen) atoms. The Kier molecular flexibility index (Phi) is 6.19. The topological polar surface area (TPSA) is 72.0 Å². The van der Waals surface area contributed by atoms with Crippen LogP contribution >= 0.6 is 0 Å². The van der Waals surface area contributed by atoms with Gasteiger partial charge in [0.05, 0.1) is 32.2 Å². The Morgan fingerprint density at radius 2 is 1.75 bits per heavy atom. The van der Waals surface area contributed by atoms with E-state index in [0.29, 0.717) is 11.5 Å². The molecule has 0 heterocycles. The minimum Gasteiger partial charge on any atom is -0.497 e. The molecular weight excluding hydrogens is 306 g/mol. The van der Waals surface area contributed by atoms with Crippen LogP contribution in [0.3, 0.4) is 0 Å². The van der Waals surface area contributed by atoms with Crippen LogP contribution in [0.1, 0.15) is 12.5 Å². The zero-order valence-corrected chi connectivity index (χ0v) is 14.0. The molecule has 0 aromatic heterocycles. The third kappa shape index (κ3) is 4.74. The number of hydrogen-bond donors (Lipinski definition) is 2. The fourth-order valence-electron chi connectivity index (χ4n) is 2.05. The van der Waals surface area contributed by atoms with Gasteiger partial charge < -0.3 is 14.8 Å². The van der Waals surface area contributed by atoms with Gasteiger partial charge in [-0.2, -0.15) is 5.10 Å². The van der Waals surface area contributed by atoms with Gasteiger partial charge in [-0.05, 0) is 48.9 Å². The maximum Gasteiger partial charge on any atom is 0.259 e. The molecule has 0 atom stereocenters. The number of anilines is 1. The number of amides is 1. The number of nitrogens with one attached hydrogen (secondary N) is 2. The summed E-state index contributed by atoms with van der Waals surface area (Å²) in [5.41, 5.74) is 4.91. The average Bonchev–Trinajstić information content (AvgIpc) is 2.64. The van der Waals surface area contributed by atoms with Gasteiger partial charge in [0.25, 0.3) is 5.91 Å². The Bertz CT molecular complexity index is 712. The predicted octanol–water partition coefficient (Wildman–Crippen LogP) is 2.66. The smallest absolute Gasteiger partial charge is 0.259 e. The van der Waals surface area contributed by atoms with Crippen LogP contribution in [-0.2, 0) is 4.79 Å². The molecule has 0 aliphatic heterocycles. The van der Waals surface area contributed by atoms with Crippen LogP contribution < -0.4 is 20.2 Å². The zero-order chi connectivity index (χ0) is 17.4.